The van der Waals surface area contributed by atoms with Crippen molar-refractivity contribution in [1.29, 1.82) is 0 Å². The molecule has 6 nitrogen and oxygen atoms in total. The van der Waals surface area contributed by atoms with Gasteiger partial charge in [-0.2, -0.15) is 0 Å². The van der Waals surface area contributed by atoms with Crippen LogP contribution in [0.5, 0.6) is 5.75 Å². The summed E-state index contributed by atoms with van der Waals surface area (Å²) in [5.74, 6) is -0.138. The lowest BCUT2D eigenvalue weighted by molar-refractivity contribution is -0.111. The number of ether oxygens (including phenoxy) is 2. The van der Waals surface area contributed by atoms with Gasteiger partial charge in [0.2, 0.25) is 5.91 Å². The van der Waals surface area contributed by atoms with Crippen LogP contribution in [0.4, 0.5) is 5.13 Å². The number of rotatable bonds is 5. The molecule has 0 saturated carbocycles. The SMILES string of the molecule is COC(=O)c1sc(NC(=O)/C=C/c2ccccc2OC)nc1C. The molecule has 0 saturated heterocycles. The van der Waals surface area contributed by atoms with Crippen molar-refractivity contribution in [3.8, 4) is 5.75 Å². The van der Waals surface area contributed by atoms with E-state index in [1.54, 1.807) is 20.1 Å². The van der Waals surface area contributed by atoms with Gasteiger partial charge in [0.05, 0.1) is 19.9 Å². The summed E-state index contributed by atoms with van der Waals surface area (Å²) in [5.41, 5.74) is 1.31. The number of hydrogen-bond donors (Lipinski definition) is 1. The minimum Gasteiger partial charge on any atom is -0.496 e. The molecule has 0 spiro atoms. The van der Waals surface area contributed by atoms with Crippen LogP contribution in [0.15, 0.2) is 30.3 Å². The Bertz CT molecular complexity index is 752. The quantitative estimate of drug-likeness (QED) is 0.673. The molecule has 1 heterocycles. The van der Waals surface area contributed by atoms with Gasteiger partial charge < -0.3 is 9.47 Å². The number of carbonyl (C=O) groups excluding carboxylic acids is 2. The second kappa shape index (κ2) is 7.55. The number of hydrogen-bond acceptors (Lipinski definition) is 6. The molecule has 0 radical (unpaired) electrons. The van der Waals surface area contributed by atoms with E-state index in [2.05, 4.69) is 15.0 Å². The highest BCUT2D eigenvalue weighted by atomic mass is 32.1. The number of anilines is 1. The van der Waals surface area contributed by atoms with Crippen LogP contribution in [-0.2, 0) is 9.53 Å². The highest BCUT2D eigenvalue weighted by molar-refractivity contribution is 7.17. The van der Waals surface area contributed by atoms with Crippen LogP contribution in [0.2, 0.25) is 0 Å². The average molecular weight is 332 g/mol. The number of nitrogens with zero attached hydrogens (tertiary/aromatic N) is 1. The summed E-state index contributed by atoms with van der Waals surface area (Å²) in [4.78, 5) is 28.0. The van der Waals surface area contributed by atoms with Gasteiger partial charge in [0, 0.05) is 11.6 Å². The summed E-state index contributed by atoms with van der Waals surface area (Å²) in [6, 6.07) is 7.35. The predicted molar refractivity (Wildman–Crippen MR) is 88.8 cm³/mol. The number of aromatic nitrogens is 1. The maximum absolute atomic E-state index is 12.0. The molecule has 1 amide bonds. The van der Waals surface area contributed by atoms with E-state index in [-0.39, 0.29) is 5.91 Å². The molecule has 0 bridgehead atoms. The highest BCUT2D eigenvalue weighted by Gasteiger charge is 2.16. The fourth-order valence-electron chi connectivity index (χ4n) is 1.85. The Morgan fingerprint density at radius 2 is 2.00 bits per heavy atom. The van der Waals surface area contributed by atoms with Crippen LogP contribution < -0.4 is 10.1 Å². The zero-order chi connectivity index (χ0) is 16.8. The molecular weight excluding hydrogens is 316 g/mol. The van der Waals surface area contributed by atoms with Crippen LogP contribution in [0.1, 0.15) is 20.9 Å². The maximum atomic E-state index is 12.0. The van der Waals surface area contributed by atoms with E-state index in [1.807, 2.05) is 24.3 Å². The lowest BCUT2D eigenvalue weighted by Gasteiger charge is -2.03. The molecule has 1 aromatic heterocycles. The van der Waals surface area contributed by atoms with Crippen LogP contribution in [0.25, 0.3) is 6.08 Å². The third-order valence-corrected chi connectivity index (χ3v) is 4.00. The van der Waals surface area contributed by atoms with Crippen molar-refractivity contribution in [3.05, 3.63) is 46.5 Å². The Kier molecular flexibility index (Phi) is 5.48. The van der Waals surface area contributed by atoms with Gasteiger partial charge in [-0.25, -0.2) is 9.78 Å². The summed E-state index contributed by atoms with van der Waals surface area (Å²) in [6.07, 6.45) is 3.03. The second-order valence-corrected chi connectivity index (χ2v) is 5.49. The Morgan fingerprint density at radius 3 is 2.70 bits per heavy atom. The lowest BCUT2D eigenvalue weighted by Crippen LogP contribution is -2.07. The van der Waals surface area contributed by atoms with E-state index in [0.717, 1.165) is 16.9 Å². The van der Waals surface area contributed by atoms with Gasteiger partial charge in [-0.3, -0.25) is 10.1 Å². The number of benzene rings is 1. The van der Waals surface area contributed by atoms with Crippen LogP contribution >= 0.6 is 11.3 Å². The molecule has 1 N–H and O–H groups in total. The first-order valence-electron chi connectivity index (χ1n) is 6.73. The van der Waals surface area contributed by atoms with Crippen molar-refractivity contribution in [1.82, 2.24) is 4.98 Å². The first-order chi connectivity index (χ1) is 11.0. The minimum atomic E-state index is -0.468. The first-order valence-corrected chi connectivity index (χ1v) is 7.54. The molecule has 2 rings (SSSR count). The van der Waals surface area contributed by atoms with Crippen molar-refractivity contribution in [2.24, 2.45) is 0 Å². The number of amides is 1. The Labute approximate surface area is 137 Å². The van der Waals surface area contributed by atoms with E-state index in [0.29, 0.717) is 21.5 Å². The maximum Gasteiger partial charge on any atom is 0.350 e. The zero-order valence-electron chi connectivity index (χ0n) is 13.0. The summed E-state index contributed by atoms with van der Waals surface area (Å²) in [7, 11) is 2.87. The fraction of sp³-hybridized carbons (Fsp3) is 0.188. The molecule has 0 atom stereocenters. The first kappa shape index (κ1) is 16.7. The normalized spacial score (nSPS) is 10.6. The van der Waals surface area contributed by atoms with Crippen molar-refractivity contribution >= 4 is 34.4 Å². The Balaban J connectivity index is 2.08. The summed E-state index contributed by atoms with van der Waals surface area (Å²) in [5, 5.41) is 2.97. The summed E-state index contributed by atoms with van der Waals surface area (Å²) >= 11 is 1.07. The summed E-state index contributed by atoms with van der Waals surface area (Å²) in [6.45, 7) is 1.68. The summed E-state index contributed by atoms with van der Waals surface area (Å²) < 4.78 is 9.87. The molecule has 0 aliphatic carbocycles. The second-order valence-electron chi connectivity index (χ2n) is 4.49. The molecule has 0 fully saturated rings. The van der Waals surface area contributed by atoms with E-state index < -0.39 is 5.97 Å². The topological polar surface area (TPSA) is 77.5 Å². The van der Waals surface area contributed by atoms with E-state index in [1.165, 1.54) is 13.2 Å². The molecule has 7 heteroatoms. The van der Waals surface area contributed by atoms with Crippen LogP contribution in [0, 0.1) is 6.92 Å². The third kappa shape index (κ3) is 4.17. The lowest BCUT2D eigenvalue weighted by atomic mass is 10.2. The number of nitrogens with one attached hydrogen (secondary N) is 1. The number of aryl methyl sites for hydroxylation is 1. The molecule has 23 heavy (non-hydrogen) atoms. The Morgan fingerprint density at radius 1 is 1.26 bits per heavy atom. The third-order valence-electron chi connectivity index (χ3n) is 2.95. The van der Waals surface area contributed by atoms with Crippen LogP contribution in [0.3, 0.4) is 0 Å². The van der Waals surface area contributed by atoms with E-state index in [9.17, 15) is 9.59 Å². The standard InChI is InChI=1S/C16H16N2O4S/c1-10-14(15(20)22-3)23-16(17-10)18-13(19)9-8-11-6-4-5-7-12(11)21-2/h4-9H,1-3H3,(H,17,18,19)/b9-8+. The Hall–Kier alpha value is -2.67. The van der Waals surface area contributed by atoms with Gasteiger partial charge in [-0.15, -0.1) is 0 Å². The van der Waals surface area contributed by atoms with Gasteiger partial charge in [0.15, 0.2) is 5.13 Å². The van der Waals surface area contributed by atoms with Gasteiger partial charge in [0.1, 0.15) is 10.6 Å². The minimum absolute atomic E-state index is 0.345. The fourth-order valence-corrected chi connectivity index (χ4v) is 2.74. The van der Waals surface area contributed by atoms with Crippen LogP contribution in [-0.4, -0.2) is 31.1 Å². The molecule has 0 aliphatic heterocycles. The molecule has 1 aromatic carbocycles. The predicted octanol–water partition coefficient (Wildman–Crippen LogP) is 2.90. The van der Waals surface area contributed by atoms with E-state index in [4.69, 9.17) is 4.74 Å². The molecule has 120 valence electrons. The average Bonchev–Trinajstić information content (AvgIpc) is 2.92. The zero-order valence-corrected chi connectivity index (χ0v) is 13.8. The van der Waals surface area contributed by atoms with Gasteiger partial charge in [0.25, 0.3) is 0 Å². The van der Waals surface area contributed by atoms with Crippen molar-refractivity contribution in [3.63, 3.8) is 0 Å². The van der Waals surface area contributed by atoms with Crippen molar-refractivity contribution in [2.75, 3.05) is 19.5 Å². The van der Waals surface area contributed by atoms with Crippen molar-refractivity contribution < 1.29 is 19.1 Å². The van der Waals surface area contributed by atoms with Crippen molar-refractivity contribution in [2.45, 2.75) is 6.92 Å². The number of methoxy groups -OCH3 is 2. The van der Waals surface area contributed by atoms with E-state index >= 15 is 0 Å². The smallest absolute Gasteiger partial charge is 0.350 e. The molecular formula is C16H16N2O4S. The monoisotopic (exact) mass is 332 g/mol. The number of para-hydroxylation sites is 1. The molecule has 0 unspecified atom stereocenters. The number of carbonyl (C=O) groups is 2. The van der Waals surface area contributed by atoms with Gasteiger partial charge in [-0.1, -0.05) is 29.5 Å². The molecule has 2 aromatic rings. The number of thiazole rings is 1. The number of esters is 1. The highest BCUT2D eigenvalue weighted by Crippen LogP contribution is 2.23. The largest absolute Gasteiger partial charge is 0.496 e. The van der Waals surface area contributed by atoms with Gasteiger partial charge >= 0.3 is 5.97 Å². The molecule has 0 aliphatic rings. The van der Waals surface area contributed by atoms with Gasteiger partial charge in [-0.05, 0) is 19.1 Å².